The van der Waals surface area contributed by atoms with E-state index < -0.39 is 13.0 Å². The largest absolute Gasteiger partial charge is 0.348 e. The Hall–Kier alpha value is -1.43. The van der Waals surface area contributed by atoms with E-state index in [9.17, 15) is 13.6 Å². The van der Waals surface area contributed by atoms with Gasteiger partial charge in [0.1, 0.15) is 5.69 Å². The molecule has 1 atom stereocenters. The molecule has 1 aromatic rings. The molecule has 1 aliphatic carbocycles. The minimum absolute atomic E-state index is 0.133. The molecule has 0 bridgehead atoms. The summed E-state index contributed by atoms with van der Waals surface area (Å²) in [6.07, 6.45) is 4.47. The third-order valence-corrected chi connectivity index (χ3v) is 4.67. The molecule has 2 heterocycles. The number of amides is 1. The topological polar surface area (TPSA) is 46.1 Å². The summed E-state index contributed by atoms with van der Waals surface area (Å²) in [7, 11) is 0. The molecule has 6 heteroatoms. The molecule has 2 aliphatic rings. The monoisotopic (exact) mass is 297 g/mol. The first-order chi connectivity index (χ1) is 10.1. The number of nitrogens with zero attached hydrogens (tertiary/aromatic N) is 1. The lowest BCUT2D eigenvalue weighted by molar-refractivity contribution is 0.0835. The summed E-state index contributed by atoms with van der Waals surface area (Å²) in [6, 6.07) is 3.36. The zero-order chi connectivity index (χ0) is 14.9. The van der Waals surface area contributed by atoms with Gasteiger partial charge in [0.05, 0.1) is 6.54 Å². The fraction of sp³-hybridized carbons (Fsp3) is 0.667. The fourth-order valence-corrected chi connectivity index (χ4v) is 3.45. The van der Waals surface area contributed by atoms with Crippen LogP contribution < -0.4 is 10.6 Å². The molecule has 1 spiro atoms. The molecule has 4 nitrogen and oxygen atoms in total. The number of rotatable bonds is 4. The number of carbonyl (C=O) groups excluding carboxylic acids is 1. The van der Waals surface area contributed by atoms with E-state index in [0.29, 0.717) is 5.69 Å². The van der Waals surface area contributed by atoms with Crippen molar-refractivity contribution in [2.75, 3.05) is 6.54 Å². The average Bonchev–Trinajstić information content (AvgIpc) is 2.84. The number of piperidine rings is 1. The van der Waals surface area contributed by atoms with Gasteiger partial charge < -0.3 is 15.2 Å². The van der Waals surface area contributed by atoms with Crippen molar-refractivity contribution in [1.29, 1.82) is 0 Å². The van der Waals surface area contributed by atoms with E-state index >= 15 is 0 Å². The van der Waals surface area contributed by atoms with Crippen molar-refractivity contribution in [2.45, 2.75) is 56.7 Å². The van der Waals surface area contributed by atoms with Gasteiger partial charge in [-0.15, -0.1) is 0 Å². The maximum atomic E-state index is 12.5. The highest BCUT2D eigenvalue weighted by Crippen LogP contribution is 2.38. The third-order valence-electron chi connectivity index (χ3n) is 4.67. The van der Waals surface area contributed by atoms with Gasteiger partial charge in [-0.1, -0.05) is 0 Å². The predicted octanol–water partition coefficient (Wildman–Crippen LogP) is 2.16. The van der Waals surface area contributed by atoms with Crippen molar-refractivity contribution in [3.05, 3.63) is 24.0 Å². The van der Waals surface area contributed by atoms with E-state index in [1.165, 1.54) is 30.0 Å². The van der Waals surface area contributed by atoms with Crippen LogP contribution in [-0.2, 0) is 6.54 Å². The summed E-state index contributed by atoms with van der Waals surface area (Å²) >= 11 is 0. The van der Waals surface area contributed by atoms with E-state index in [2.05, 4.69) is 10.6 Å². The molecule has 1 amide bonds. The van der Waals surface area contributed by atoms with Crippen LogP contribution in [0.4, 0.5) is 8.78 Å². The van der Waals surface area contributed by atoms with Crippen molar-refractivity contribution in [2.24, 2.45) is 0 Å². The third kappa shape index (κ3) is 3.10. The lowest BCUT2D eigenvalue weighted by Gasteiger charge is -2.48. The molecular formula is C15H21F2N3O. The van der Waals surface area contributed by atoms with Crippen LogP contribution in [0.2, 0.25) is 0 Å². The first-order valence-corrected chi connectivity index (χ1v) is 7.57. The van der Waals surface area contributed by atoms with Gasteiger partial charge in [-0.2, -0.15) is 0 Å². The predicted molar refractivity (Wildman–Crippen MR) is 75.5 cm³/mol. The SMILES string of the molecule is O=C(NC1CCNC2(CCC2)C1)c1cccn1CC(F)F. The Labute approximate surface area is 122 Å². The molecule has 0 aromatic carbocycles. The smallest absolute Gasteiger partial charge is 0.268 e. The summed E-state index contributed by atoms with van der Waals surface area (Å²) in [6.45, 7) is 0.467. The maximum absolute atomic E-state index is 12.5. The second kappa shape index (κ2) is 5.75. The first kappa shape index (κ1) is 14.5. The molecule has 1 saturated heterocycles. The Bertz CT molecular complexity index is 511. The molecule has 116 valence electrons. The highest BCUT2D eigenvalue weighted by molar-refractivity contribution is 5.93. The van der Waals surface area contributed by atoms with Gasteiger partial charge in [0.2, 0.25) is 0 Å². The van der Waals surface area contributed by atoms with Gasteiger partial charge in [-0.3, -0.25) is 4.79 Å². The molecule has 1 unspecified atom stereocenters. The van der Waals surface area contributed by atoms with E-state index in [-0.39, 0.29) is 17.5 Å². The second-order valence-corrected chi connectivity index (χ2v) is 6.16. The summed E-state index contributed by atoms with van der Waals surface area (Å²) < 4.78 is 26.3. The van der Waals surface area contributed by atoms with Gasteiger partial charge in [0.25, 0.3) is 12.3 Å². The van der Waals surface area contributed by atoms with Crippen molar-refractivity contribution in [1.82, 2.24) is 15.2 Å². The van der Waals surface area contributed by atoms with E-state index in [0.717, 1.165) is 19.4 Å². The molecule has 21 heavy (non-hydrogen) atoms. The van der Waals surface area contributed by atoms with Crippen LogP contribution in [0.1, 0.15) is 42.6 Å². The normalized spacial score (nSPS) is 24.0. The second-order valence-electron chi connectivity index (χ2n) is 6.16. The first-order valence-electron chi connectivity index (χ1n) is 7.57. The molecule has 1 saturated carbocycles. The van der Waals surface area contributed by atoms with Crippen LogP contribution in [0, 0.1) is 0 Å². The Balaban J connectivity index is 1.62. The van der Waals surface area contributed by atoms with E-state index in [1.54, 1.807) is 12.1 Å². The maximum Gasteiger partial charge on any atom is 0.268 e. The van der Waals surface area contributed by atoms with Crippen molar-refractivity contribution in [3.63, 3.8) is 0 Å². The quantitative estimate of drug-likeness (QED) is 0.894. The van der Waals surface area contributed by atoms with Crippen LogP contribution in [0.5, 0.6) is 0 Å². The average molecular weight is 297 g/mol. The Kier molecular flexibility index (Phi) is 3.97. The Morgan fingerprint density at radius 2 is 2.33 bits per heavy atom. The zero-order valence-corrected chi connectivity index (χ0v) is 11.9. The Morgan fingerprint density at radius 3 is 3.00 bits per heavy atom. The van der Waals surface area contributed by atoms with Crippen LogP contribution in [-0.4, -0.2) is 35.0 Å². The zero-order valence-electron chi connectivity index (χ0n) is 11.9. The van der Waals surface area contributed by atoms with Crippen molar-refractivity contribution < 1.29 is 13.6 Å². The molecule has 1 aromatic heterocycles. The number of carbonyl (C=O) groups is 1. The van der Waals surface area contributed by atoms with Crippen LogP contribution in [0.15, 0.2) is 18.3 Å². The van der Waals surface area contributed by atoms with E-state index in [4.69, 9.17) is 0 Å². The van der Waals surface area contributed by atoms with Gasteiger partial charge in [0, 0.05) is 17.8 Å². The highest BCUT2D eigenvalue weighted by atomic mass is 19.3. The summed E-state index contributed by atoms with van der Waals surface area (Å²) in [5.74, 6) is -0.248. The molecule has 2 fully saturated rings. The van der Waals surface area contributed by atoms with Crippen LogP contribution >= 0.6 is 0 Å². The minimum atomic E-state index is -2.46. The number of alkyl halides is 2. The molecule has 3 rings (SSSR count). The minimum Gasteiger partial charge on any atom is -0.348 e. The number of nitrogens with one attached hydrogen (secondary N) is 2. The number of halogens is 2. The Morgan fingerprint density at radius 1 is 1.52 bits per heavy atom. The molecule has 1 aliphatic heterocycles. The highest BCUT2D eigenvalue weighted by Gasteiger charge is 2.41. The fourth-order valence-electron chi connectivity index (χ4n) is 3.45. The van der Waals surface area contributed by atoms with Gasteiger partial charge in [-0.05, 0) is 50.8 Å². The summed E-state index contributed by atoms with van der Waals surface area (Å²) in [4.78, 5) is 12.3. The number of hydrogen-bond donors (Lipinski definition) is 2. The lowest BCUT2D eigenvalue weighted by atomic mass is 9.70. The number of hydrogen-bond acceptors (Lipinski definition) is 2. The van der Waals surface area contributed by atoms with Crippen LogP contribution in [0.3, 0.4) is 0 Å². The van der Waals surface area contributed by atoms with Gasteiger partial charge in [0.15, 0.2) is 0 Å². The van der Waals surface area contributed by atoms with Crippen molar-refractivity contribution in [3.8, 4) is 0 Å². The van der Waals surface area contributed by atoms with Gasteiger partial charge >= 0.3 is 0 Å². The summed E-state index contributed by atoms with van der Waals surface area (Å²) in [5, 5.41) is 6.57. The number of aromatic nitrogens is 1. The summed E-state index contributed by atoms with van der Waals surface area (Å²) in [5.41, 5.74) is 0.526. The van der Waals surface area contributed by atoms with Gasteiger partial charge in [-0.25, -0.2) is 8.78 Å². The molecular weight excluding hydrogens is 276 g/mol. The van der Waals surface area contributed by atoms with E-state index in [1.807, 2.05) is 0 Å². The van der Waals surface area contributed by atoms with Crippen molar-refractivity contribution >= 4 is 5.91 Å². The standard InChI is InChI=1S/C15H21F2N3O/c16-13(17)10-20-8-1-3-12(20)14(21)19-11-4-7-18-15(9-11)5-2-6-15/h1,3,8,11,13,18H,2,4-7,9-10H2,(H,19,21). The lowest BCUT2D eigenvalue weighted by Crippen LogP contribution is -2.59. The molecule has 2 N–H and O–H groups in total. The molecule has 0 radical (unpaired) electrons. The van der Waals surface area contributed by atoms with Crippen LogP contribution in [0.25, 0.3) is 0 Å².